The number of nitrogens with one attached hydrogen (secondary N) is 1. The Hall–Kier alpha value is -2.98. The summed E-state index contributed by atoms with van der Waals surface area (Å²) in [5.41, 5.74) is 1.73. The van der Waals surface area contributed by atoms with Gasteiger partial charge in [0, 0.05) is 18.1 Å². The van der Waals surface area contributed by atoms with Crippen molar-refractivity contribution in [2.75, 3.05) is 6.61 Å². The standard InChI is InChI=1S/C21H22N2O4S/c1-5-12-26-16-8-11-18-19(14-21(3,4)27-20(18)13-16)22-23-28(24,25)17-9-6-15(2)7-10-17/h1,6-11,13,23H,12,14H2,2-4H3/b22-19-. The number of nitrogens with zero attached hydrogens (tertiary/aromatic N) is 1. The van der Waals surface area contributed by atoms with Crippen molar-refractivity contribution in [2.24, 2.45) is 5.10 Å². The van der Waals surface area contributed by atoms with Crippen LogP contribution in [0.4, 0.5) is 0 Å². The van der Waals surface area contributed by atoms with E-state index < -0.39 is 15.6 Å². The third kappa shape index (κ3) is 4.46. The van der Waals surface area contributed by atoms with Crippen molar-refractivity contribution in [3.05, 3.63) is 53.6 Å². The second kappa shape index (κ2) is 7.56. The predicted molar refractivity (Wildman–Crippen MR) is 108 cm³/mol. The molecule has 1 aliphatic heterocycles. The summed E-state index contributed by atoms with van der Waals surface area (Å²) < 4.78 is 36.5. The van der Waals surface area contributed by atoms with Gasteiger partial charge in [-0.25, -0.2) is 0 Å². The summed E-state index contributed by atoms with van der Waals surface area (Å²) in [6.45, 7) is 5.87. The lowest BCUT2D eigenvalue weighted by molar-refractivity contribution is 0.111. The fourth-order valence-electron chi connectivity index (χ4n) is 2.86. The Bertz CT molecular complexity index is 1050. The lowest BCUT2D eigenvalue weighted by Crippen LogP contribution is -2.37. The van der Waals surface area contributed by atoms with Gasteiger partial charge in [0.1, 0.15) is 23.7 Å². The molecule has 0 radical (unpaired) electrons. The molecule has 0 atom stereocenters. The molecule has 2 aromatic carbocycles. The number of ether oxygens (including phenoxy) is 2. The van der Waals surface area contributed by atoms with Crippen LogP contribution >= 0.6 is 0 Å². The van der Waals surface area contributed by atoms with Crippen molar-refractivity contribution in [1.82, 2.24) is 4.83 Å². The fraction of sp³-hybridized carbons (Fsp3) is 0.286. The molecule has 3 rings (SSSR count). The first-order valence-corrected chi connectivity index (χ1v) is 10.2. The minimum absolute atomic E-state index is 0.152. The second-order valence-corrected chi connectivity index (χ2v) is 8.82. The van der Waals surface area contributed by atoms with Gasteiger partial charge < -0.3 is 9.47 Å². The van der Waals surface area contributed by atoms with Crippen molar-refractivity contribution in [3.8, 4) is 23.8 Å². The van der Waals surface area contributed by atoms with Gasteiger partial charge in [0.15, 0.2) is 0 Å². The summed E-state index contributed by atoms with van der Waals surface area (Å²) >= 11 is 0. The Morgan fingerprint density at radius 2 is 1.96 bits per heavy atom. The normalized spacial score (nSPS) is 16.6. The molecule has 0 bridgehead atoms. The second-order valence-electron chi connectivity index (χ2n) is 7.16. The minimum Gasteiger partial charge on any atom is -0.487 e. The van der Waals surface area contributed by atoms with Gasteiger partial charge in [0.05, 0.1) is 10.6 Å². The molecule has 28 heavy (non-hydrogen) atoms. The summed E-state index contributed by atoms with van der Waals surface area (Å²) in [6, 6.07) is 11.9. The first-order valence-electron chi connectivity index (χ1n) is 8.75. The topological polar surface area (TPSA) is 77.0 Å². The van der Waals surface area contributed by atoms with Crippen LogP contribution in [0.3, 0.4) is 0 Å². The quantitative estimate of drug-likeness (QED) is 0.620. The number of hydrazone groups is 1. The summed E-state index contributed by atoms with van der Waals surface area (Å²) in [7, 11) is -3.76. The largest absolute Gasteiger partial charge is 0.487 e. The molecule has 7 heteroatoms. The van der Waals surface area contributed by atoms with E-state index in [0.29, 0.717) is 29.2 Å². The van der Waals surface area contributed by atoms with E-state index in [1.165, 1.54) is 0 Å². The highest BCUT2D eigenvalue weighted by Crippen LogP contribution is 2.36. The van der Waals surface area contributed by atoms with Crippen molar-refractivity contribution < 1.29 is 17.9 Å². The first-order chi connectivity index (χ1) is 13.2. The molecular weight excluding hydrogens is 376 g/mol. The Morgan fingerprint density at radius 3 is 2.64 bits per heavy atom. The summed E-state index contributed by atoms with van der Waals surface area (Å²) in [6.07, 6.45) is 5.67. The van der Waals surface area contributed by atoms with Crippen LogP contribution in [-0.2, 0) is 10.0 Å². The lowest BCUT2D eigenvalue weighted by Gasteiger charge is -2.33. The van der Waals surface area contributed by atoms with E-state index in [9.17, 15) is 8.42 Å². The molecule has 146 valence electrons. The average Bonchev–Trinajstić information content (AvgIpc) is 2.63. The Balaban J connectivity index is 1.91. The lowest BCUT2D eigenvalue weighted by atomic mass is 9.92. The maximum Gasteiger partial charge on any atom is 0.276 e. The maximum atomic E-state index is 12.5. The van der Waals surface area contributed by atoms with E-state index in [0.717, 1.165) is 5.56 Å². The van der Waals surface area contributed by atoms with E-state index in [1.54, 1.807) is 42.5 Å². The zero-order valence-corrected chi connectivity index (χ0v) is 16.8. The van der Waals surface area contributed by atoms with Crippen LogP contribution in [-0.4, -0.2) is 26.3 Å². The molecular formula is C21H22N2O4S. The van der Waals surface area contributed by atoms with Crippen LogP contribution in [0, 0.1) is 19.3 Å². The van der Waals surface area contributed by atoms with Gasteiger partial charge in [-0.15, -0.1) is 6.42 Å². The highest BCUT2D eigenvalue weighted by molar-refractivity contribution is 7.89. The average molecular weight is 398 g/mol. The van der Waals surface area contributed by atoms with E-state index in [2.05, 4.69) is 15.9 Å². The molecule has 1 N–H and O–H groups in total. The van der Waals surface area contributed by atoms with Crippen LogP contribution in [0.1, 0.15) is 31.4 Å². The monoisotopic (exact) mass is 398 g/mol. The highest BCUT2D eigenvalue weighted by atomic mass is 32.2. The molecule has 0 saturated carbocycles. The molecule has 0 spiro atoms. The molecule has 0 aliphatic carbocycles. The van der Waals surface area contributed by atoms with Crippen molar-refractivity contribution >= 4 is 15.7 Å². The molecule has 0 unspecified atom stereocenters. The van der Waals surface area contributed by atoms with Gasteiger partial charge in [-0.1, -0.05) is 23.6 Å². The van der Waals surface area contributed by atoms with Crippen molar-refractivity contribution in [3.63, 3.8) is 0 Å². The number of aryl methyl sites for hydroxylation is 1. The van der Waals surface area contributed by atoms with Crippen LogP contribution in [0.2, 0.25) is 0 Å². The minimum atomic E-state index is -3.76. The van der Waals surface area contributed by atoms with Crippen LogP contribution in [0.25, 0.3) is 0 Å². The van der Waals surface area contributed by atoms with Crippen molar-refractivity contribution in [2.45, 2.75) is 37.7 Å². The number of hydrogen-bond donors (Lipinski definition) is 1. The Morgan fingerprint density at radius 1 is 1.25 bits per heavy atom. The molecule has 0 fully saturated rings. The zero-order valence-electron chi connectivity index (χ0n) is 16.0. The third-order valence-corrected chi connectivity index (χ3v) is 5.42. The van der Waals surface area contributed by atoms with Crippen molar-refractivity contribution in [1.29, 1.82) is 0 Å². The van der Waals surface area contributed by atoms with Crippen LogP contribution in [0.5, 0.6) is 11.5 Å². The van der Waals surface area contributed by atoms with E-state index >= 15 is 0 Å². The summed E-state index contributed by atoms with van der Waals surface area (Å²) in [5, 5.41) is 4.21. The predicted octanol–water partition coefficient (Wildman–Crippen LogP) is 3.25. The number of hydrogen-bond acceptors (Lipinski definition) is 5. The van der Waals surface area contributed by atoms with Gasteiger partial charge in [0.25, 0.3) is 10.0 Å². The SMILES string of the molecule is C#CCOc1ccc2c(c1)OC(C)(C)C/C2=N/NS(=O)(=O)c1ccc(C)cc1. The molecule has 0 saturated heterocycles. The molecule has 6 nitrogen and oxygen atoms in total. The van der Waals surface area contributed by atoms with Crippen LogP contribution in [0.15, 0.2) is 52.5 Å². The van der Waals surface area contributed by atoms with E-state index in [4.69, 9.17) is 15.9 Å². The van der Waals surface area contributed by atoms with E-state index in [1.807, 2.05) is 20.8 Å². The number of sulfonamides is 1. The summed E-state index contributed by atoms with van der Waals surface area (Å²) in [5.74, 6) is 3.56. The Kier molecular flexibility index (Phi) is 5.34. The molecule has 0 amide bonds. The molecule has 2 aromatic rings. The van der Waals surface area contributed by atoms with Gasteiger partial charge in [-0.3, -0.25) is 0 Å². The fourth-order valence-corrected chi connectivity index (χ4v) is 3.69. The van der Waals surface area contributed by atoms with Gasteiger partial charge in [-0.2, -0.15) is 18.4 Å². The Labute approximate surface area is 165 Å². The number of rotatable bonds is 5. The van der Waals surface area contributed by atoms with Gasteiger partial charge in [-0.05, 0) is 45.0 Å². The number of terminal acetylenes is 1. The number of benzene rings is 2. The van der Waals surface area contributed by atoms with Gasteiger partial charge in [0.2, 0.25) is 0 Å². The zero-order chi connectivity index (χ0) is 20.4. The van der Waals surface area contributed by atoms with Crippen LogP contribution < -0.4 is 14.3 Å². The maximum absolute atomic E-state index is 12.5. The van der Waals surface area contributed by atoms with Gasteiger partial charge >= 0.3 is 0 Å². The molecule has 0 aromatic heterocycles. The molecule has 1 heterocycles. The highest BCUT2D eigenvalue weighted by Gasteiger charge is 2.32. The first kappa shape index (κ1) is 19.8. The smallest absolute Gasteiger partial charge is 0.276 e. The number of fused-ring (bicyclic) bond motifs is 1. The third-order valence-electron chi connectivity index (χ3n) is 4.20. The molecule has 1 aliphatic rings. The van der Waals surface area contributed by atoms with E-state index in [-0.39, 0.29) is 11.5 Å². The summed E-state index contributed by atoms with van der Waals surface area (Å²) in [4.78, 5) is 2.50.